The first kappa shape index (κ1) is 15.6. The van der Waals surface area contributed by atoms with E-state index in [9.17, 15) is 14.4 Å². The summed E-state index contributed by atoms with van der Waals surface area (Å²) in [4.78, 5) is 36.1. The van der Waals surface area contributed by atoms with E-state index >= 15 is 0 Å². The van der Waals surface area contributed by atoms with Crippen LogP contribution in [-0.4, -0.2) is 31.6 Å². The van der Waals surface area contributed by atoms with Crippen LogP contribution < -0.4 is 11.2 Å². The highest BCUT2D eigenvalue weighted by atomic mass is 32.2. The molecule has 0 aliphatic heterocycles. The van der Waals surface area contributed by atoms with Gasteiger partial charge >= 0.3 is 11.7 Å². The molecule has 2 N–H and O–H groups in total. The van der Waals surface area contributed by atoms with E-state index in [4.69, 9.17) is 5.11 Å². The van der Waals surface area contributed by atoms with Crippen LogP contribution in [-0.2, 0) is 6.54 Å². The van der Waals surface area contributed by atoms with E-state index in [2.05, 4.69) is 0 Å². The summed E-state index contributed by atoms with van der Waals surface area (Å²) in [7, 11) is 0. The zero-order valence-corrected chi connectivity index (χ0v) is 12.0. The van der Waals surface area contributed by atoms with Crippen LogP contribution in [0.5, 0.6) is 0 Å². The molecular formula is C12H18N2O4S. The van der Waals surface area contributed by atoms with E-state index in [1.165, 1.54) is 4.57 Å². The fraction of sp³-hybridized carbons (Fsp3) is 0.583. The van der Waals surface area contributed by atoms with Crippen LogP contribution >= 0.6 is 11.8 Å². The maximum absolute atomic E-state index is 11.7. The fourth-order valence-corrected chi connectivity index (χ4v) is 2.76. The lowest BCUT2D eigenvalue weighted by atomic mass is 10.0. The minimum atomic E-state index is -1.34. The third-order valence-corrected chi connectivity index (χ3v) is 4.99. The summed E-state index contributed by atoms with van der Waals surface area (Å²) in [6.07, 6.45) is 4.78. The van der Waals surface area contributed by atoms with Gasteiger partial charge < -0.3 is 5.11 Å². The van der Waals surface area contributed by atoms with Crippen molar-refractivity contribution in [2.75, 3.05) is 6.26 Å². The molecule has 19 heavy (non-hydrogen) atoms. The van der Waals surface area contributed by atoms with Crippen LogP contribution in [0.25, 0.3) is 0 Å². The molecule has 6 nitrogen and oxygen atoms in total. The van der Waals surface area contributed by atoms with Gasteiger partial charge in [-0.05, 0) is 19.1 Å². The predicted molar refractivity (Wildman–Crippen MR) is 75.1 cm³/mol. The number of aromatic nitrogens is 2. The first-order chi connectivity index (χ1) is 8.89. The van der Waals surface area contributed by atoms with Gasteiger partial charge in [-0.3, -0.25) is 14.3 Å². The highest BCUT2D eigenvalue weighted by Crippen LogP contribution is 2.31. The van der Waals surface area contributed by atoms with Gasteiger partial charge in [0.05, 0.1) is 0 Å². The standard InChI is InChI=1S/C12H18N2O4S/c1-4-12(5-2,19-3)7-14-6-8(10(16)17)9(15)13-11(14)18/h6H,4-5,7H2,1-3H3,(H,16,17)(H,13,15,18). The molecule has 1 heterocycles. The van der Waals surface area contributed by atoms with Crippen molar-refractivity contribution >= 4 is 17.7 Å². The zero-order valence-electron chi connectivity index (χ0n) is 11.2. The van der Waals surface area contributed by atoms with Crippen LogP contribution in [0.1, 0.15) is 37.0 Å². The Balaban J connectivity index is 3.28. The van der Waals surface area contributed by atoms with Gasteiger partial charge in [-0.25, -0.2) is 9.59 Å². The Morgan fingerprint density at radius 3 is 2.42 bits per heavy atom. The summed E-state index contributed by atoms with van der Waals surface area (Å²) < 4.78 is 1.13. The van der Waals surface area contributed by atoms with Crippen molar-refractivity contribution in [2.24, 2.45) is 0 Å². The lowest BCUT2D eigenvalue weighted by Crippen LogP contribution is -2.39. The summed E-state index contributed by atoms with van der Waals surface area (Å²) in [6.45, 7) is 4.42. The van der Waals surface area contributed by atoms with Crippen LogP contribution in [0.4, 0.5) is 0 Å². The molecule has 7 heteroatoms. The minimum absolute atomic E-state index is 0.141. The monoisotopic (exact) mass is 286 g/mol. The molecule has 0 aliphatic rings. The van der Waals surface area contributed by atoms with Crippen molar-refractivity contribution in [2.45, 2.75) is 38.0 Å². The Morgan fingerprint density at radius 2 is 2.00 bits per heavy atom. The van der Waals surface area contributed by atoms with Crippen molar-refractivity contribution in [1.82, 2.24) is 9.55 Å². The van der Waals surface area contributed by atoms with Gasteiger partial charge in [-0.15, -0.1) is 0 Å². The number of carboxylic acids is 1. The number of rotatable bonds is 6. The lowest BCUT2D eigenvalue weighted by Gasteiger charge is -2.30. The van der Waals surface area contributed by atoms with Gasteiger partial charge in [0.1, 0.15) is 5.56 Å². The molecule has 0 atom stereocenters. The number of carbonyl (C=O) groups is 1. The topological polar surface area (TPSA) is 92.2 Å². The molecule has 0 spiro atoms. The number of H-pyrrole nitrogens is 1. The van der Waals surface area contributed by atoms with Crippen molar-refractivity contribution in [3.05, 3.63) is 32.6 Å². The molecule has 0 amide bonds. The Morgan fingerprint density at radius 1 is 1.42 bits per heavy atom. The molecule has 0 fully saturated rings. The minimum Gasteiger partial charge on any atom is -0.477 e. The van der Waals surface area contributed by atoms with Crippen molar-refractivity contribution in [1.29, 1.82) is 0 Å². The number of aromatic carboxylic acids is 1. The number of hydrogen-bond donors (Lipinski definition) is 2. The average Bonchev–Trinajstić information content (AvgIpc) is 2.38. The van der Waals surface area contributed by atoms with Crippen molar-refractivity contribution in [3.63, 3.8) is 0 Å². The highest BCUT2D eigenvalue weighted by molar-refractivity contribution is 8.00. The van der Waals surface area contributed by atoms with E-state index in [0.717, 1.165) is 19.0 Å². The maximum atomic E-state index is 11.7. The average molecular weight is 286 g/mol. The van der Waals surface area contributed by atoms with Crippen LogP contribution in [0.3, 0.4) is 0 Å². The van der Waals surface area contributed by atoms with E-state index in [-0.39, 0.29) is 4.75 Å². The van der Waals surface area contributed by atoms with Crippen molar-refractivity contribution < 1.29 is 9.90 Å². The summed E-state index contributed by atoms with van der Waals surface area (Å²) in [5.41, 5.74) is -1.85. The third kappa shape index (κ3) is 3.28. The Hall–Kier alpha value is -1.50. The van der Waals surface area contributed by atoms with Crippen LogP contribution in [0.2, 0.25) is 0 Å². The normalized spacial score (nSPS) is 11.5. The summed E-state index contributed by atoms with van der Waals surface area (Å²) >= 11 is 1.64. The number of aromatic amines is 1. The van der Waals surface area contributed by atoms with Gasteiger partial charge in [-0.2, -0.15) is 11.8 Å². The third-order valence-electron chi connectivity index (χ3n) is 3.42. The second-order valence-corrected chi connectivity index (χ2v) is 5.60. The Kier molecular flexibility index (Phi) is 4.99. The highest BCUT2D eigenvalue weighted by Gasteiger charge is 2.26. The first-order valence-electron chi connectivity index (χ1n) is 6.01. The molecule has 0 saturated heterocycles. The zero-order chi connectivity index (χ0) is 14.6. The largest absolute Gasteiger partial charge is 0.477 e. The van der Waals surface area contributed by atoms with Gasteiger partial charge in [0, 0.05) is 17.5 Å². The molecule has 0 radical (unpaired) electrons. The lowest BCUT2D eigenvalue weighted by molar-refractivity contribution is 0.0693. The summed E-state index contributed by atoms with van der Waals surface area (Å²) in [5.74, 6) is -1.34. The summed E-state index contributed by atoms with van der Waals surface area (Å²) in [6, 6.07) is 0. The van der Waals surface area contributed by atoms with E-state index in [1.807, 2.05) is 25.1 Å². The van der Waals surface area contributed by atoms with Gasteiger partial charge in [0.2, 0.25) is 0 Å². The van der Waals surface area contributed by atoms with E-state index in [1.54, 1.807) is 11.8 Å². The quantitative estimate of drug-likeness (QED) is 0.818. The summed E-state index contributed by atoms with van der Waals surface area (Å²) in [5, 5.41) is 8.91. The molecular weight excluding hydrogens is 268 g/mol. The number of nitrogens with zero attached hydrogens (tertiary/aromatic N) is 1. The second kappa shape index (κ2) is 6.10. The molecule has 0 aromatic carbocycles. The number of carboxylic acid groups (broad SMARTS) is 1. The number of thioether (sulfide) groups is 1. The second-order valence-electron chi connectivity index (χ2n) is 4.33. The Bertz CT molecular complexity index is 564. The smallest absolute Gasteiger partial charge is 0.342 e. The molecule has 0 bridgehead atoms. The molecule has 1 aromatic heterocycles. The van der Waals surface area contributed by atoms with E-state index in [0.29, 0.717) is 6.54 Å². The SMILES string of the molecule is CCC(CC)(Cn1cc(C(=O)O)c(=O)[nH]c1=O)SC. The van der Waals surface area contributed by atoms with Gasteiger partial charge in [0.15, 0.2) is 0 Å². The molecule has 0 saturated carbocycles. The molecule has 1 aromatic rings. The van der Waals surface area contributed by atoms with Crippen molar-refractivity contribution in [3.8, 4) is 0 Å². The number of nitrogens with one attached hydrogen (secondary N) is 1. The van der Waals surface area contributed by atoms with E-state index < -0.39 is 22.8 Å². The Labute approximate surface area is 114 Å². The predicted octanol–water partition coefficient (Wildman–Crippen LogP) is 1.16. The molecule has 106 valence electrons. The van der Waals surface area contributed by atoms with Crippen LogP contribution in [0, 0.1) is 0 Å². The van der Waals surface area contributed by atoms with Crippen LogP contribution in [0.15, 0.2) is 15.8 Å². The molecule has 0 unspecified atom stereocenters. The number of hydrogen-bond acceptors (Lipinski definition) is 4. The molecule has 0 aliphatic carbocycles. The maximum Gasteiger partial charge on any atom is 0.342 e. The fourth-order valence-electron chi connectivity index (χ4n) is 1.92. The molecule has 1 rings (SSSR count). The first-order valence-corrected chi connectivity index (χ1v) is 7.23. The van der Waals surface area contributed by atoms with Gasteiger partial charge in [-0.1, -0.05) is 13.8 Å². The van der Waals surface area contributed by atoms with Gasteiger partial charge in [0.25, 0.3) is 5.56 Å².